The number of methoxy groups -OCH3 is 1. The highest BCUT2D eigenvalue weighted by Gasteiger charge is 2.15. The number of carbonyl (C=O) groups is 1. The van der Waals surface area contributed by atoms with Gasteiger partial charge in [-0.1, -0.05) is 12.1 Å². The molecule has 1 rings (SSSR count). The summed E-state index contributed by atoms with van der Waals surface area (Å²) in [4.78, 5) is 11.8. The molecule has 0 amide bonds. The van der Waals surface area contributed by atoms with Crippen LogP contribution in [0, 0.1) is 0 Å². The molecule has 0 atom stereocenters. The zero-order valence-corrected chi connectivity index (χ0v) is 11.3. The average molecular weight is 272 g/mol. The number of nitrogens with zero attached hydrogens (tertiary/aromatic N) is 1. The highest BCUT2D eigenvalue weighted by Crippen LogP contribution is 2.12. The molecule has 0 aliphatic rings. The van der Waals surface area contributed by atoms with Crippen LogP contribution in [0.5, 0.6) is 5.75 Å². The molecule has 0 saturated carbocycles. The summed E-state index contributed by atoms with van der Waals surface area (Å²) < 4.78 is 31.1. The zero-order chi connectivity index (χ0) is 13.8. The molecule has 0 aliphatic carbocycles. The number of ketones is 1. The van der Waals surface area contributed by atoms with Gasteiger partial charge in [0.15, 0.2) is 5.78 Å². The van der Waals surface area contributed by atoms with Gasteiger partial charge in [0.2, 0.25) is 0 Å². The molecule has 0 radical (unpaired) electrons. The summed E-state index contributed by atoms with van der Waals surface area (Å²) >= 11 is 0. The van der Waals surface area contributed by atoms with Crippen LogP contribution in [0.3, 0.4) is 0 Å². The number of hydrogen-bond acceptors (Lipinski definition) is 4. The average Bonchev–Trinajstić information content (AvgIpc) is 2.36. The van der Waals surface area contributed by atoms with E-state index in [4.69, 9.17) is 4.74 Å². The van der Waals surface area contributed by atoms with Crippen molar-refractivity contribution >= 4 is 16.0 Å². The number of ether oxygens (including phenoxy) is 1. The maximum atomic E-state index is 11.8. The van der Waals surface area contributed by atoms with Crippen LogP contribution in [0.4, 0.5) is 0 Å². The molecule has 0 saturated heterocycles. The van der Waals surface area contributed by atoms with Gasteiger partial charge >= 0.3 is 0 Å². The Bertz CT molecular complexity index is 526. The fourth-order valence-electron chi connectivity index (χ4n) is 1.18. The third kappa shape index (κ3) is 3.80. The summed E-state index contributed by atoms with van der Waals surface area (Å²) in [6.45, 7) is -0.284. The fraction of sp³-hybridized carbons (Fsp3) is 0.364. The van der Waals surface area contributed by atoms with Gasteiger partial charge in [0.25, 0.3) is 10.2 Å². The molecule has 18 heavy (non-hydrogen) atoms. The number of rotatable bonds is 6. The summed E-state index contributed by atoms with van der Waals surface area (Å²) in [5, 5.41) is 0. The van der Waals surface area contributed by atoms with Crippen LogP contribution in [0.2, 0.25) is 0 Å². The van der Waals surface area contributed by atoms with E-state index in [1.807, 2.05) is 0 Å². The van der Waals surface area contributed by atoms with Gasteiger partial charge in [0, 0.05) is 19.7 Å². The van der Waals surface area contributed by atoms with E-state index in [0.29, 0.717) is 11.3 Å². The molecule has 6 nitrogen and oxygen atoms in total. The van der Waals surface area contributed by atoms with E-state index < -0.39 is 10.2 Å². The highest BCUT2D eigenvalue weighted by molar-refractivity contribution is 7.87. The van der Waals surface area contributed by atoms with Gasteiger partial charge in [-0.2, -0.15) is 17.4 Å². The Labute approximate surface area is 107 Å². The standard InChI is InChI=1S/C11H16N2O4S/c1-13(2)18(15,16)12-8-11(14)9-5-4-6-10(7-9)17-3/h4-7,12H,8H2,1-3H3. The van der Waals surface area contributed by atoms with Crippen LogP contribution in [0.15, 0.2) is 24.3 Å². The predicted octanol–water partition coefficient (Wildman–Crippen LogP) is 0.274. The Morgan fingerprint density at radius 2 is 2.06 bits per heavy atom. The Morgan fingerprint density at radius 3 is 2.61 bits per heavy atom. The third-order valence-electron chi connectivity index (χ3n) is 2.29. The first-order chi connectivity index (χ1) is 8.36. The maximum absolute atomic E-state index is 11.8. The Morgan fingerprint density at radius 1 is 1.39 bits per heavy atom. The van der Waals surface area contributed by atoms with Crippen molar-refractivity contribution in [2.45, 2.75) is 0 Å². The lowest BCUT2D eigenvalue weighted by molar-refractivity contribution is 0.0996. The van der Waals surface area contributed by atoms with Crippen LogP contribution in [-0.4, -0.2) is 46.3 Å². The molecule has 100 valence electrons. The van der Waals surface area contributed by atoms with Crippen molar-refractivity contribution in [2.24, 2.45) is 0 Å². The normalized spacial score (nSPS) is 11.6. The molecule has 0 aliphatic heterocycles. The first kappa shape index (κ1) is 14.6. The van der Waals surface area contributed by atoms with Gasteiger partial charge < -0.3 is 4.74 Å². The van der Waals surface area contributed by atoms with E-state index in [9.17, 15) is 13.2 Å². The zero-order valence-electron chi connectivity index (χ0n) is 10.5. The van der Waals surface area contributed by atoms with Crippen LogP contribution < -0.4 is 9.46 Å². The monoisotopic (exact) mass is 272 g/mol. The van der Waals surface area contributed by atoms with Crippen molar-refractivity contribution in [3.63, 3.8) is 0 Å². The van der Waals surface area contributed by atoms with Crippen molar-refractivity contribution in [1.29, 1.82) is 0 Å². The van der Waals surface area contributed by atoms with E-state index in [0.717, 1.165) is 4.31 Å². The Kier molecular flexibility index (Phi) is 4.83. The SMILES string of the molecule is COc1cccc(C(=O)CNS(=O)(=O)N(C)C)c1. The van der Waals surface area contributed by atoms with Gasteiger partial charge in [-0.25, -0.2) is 0 Å². The van der Waals surface area contributed by atoms with Gasteiger partial charge in [0.1, 0.15) is 5.75 Å². The molecular weight excluding hydrogens is 256 g/mol. The van der Waals surface area contributed by atoms with E-state index >= 15 is 0 Å². The van der Waals surface area contributed by atoms with Crippen LogP contribution in [0.25, 0.3) is 0 Å². The van der Waals surface area contributed by atoms with Crippen molar-refractivity contribution in [3.8, 4) is 5.75 Å². The smallest absolute Gasteiger partial charge is 0.279 e. The largest absolute Gasteiger partial charge is 0.497 e. The van der Waals surface area contributed by atoms with Crippen molar-refractivity contribution in [2.75, 3.05) is 27.7 Å². The summed E-state index contributed by atoms with van der Waals surface area (Å²) in [6, 6.07) is 6.55. The van der Waals surface area contributed by atoms with Crippen LogP contribution in [0.1, 0.15) is 10.4 Å². The minimum atomic E-state index is -3.59. The topological polar surface area (TPSA) is 75.7 Å². The second-order valence-electron chi connectivity index (χ2n) is 3.76. The number of nitrogens with one attached hydrogen (secondary N) is 1. The minimum absolute atomic E-state index is 0.284. The molecule has 0 fully saturated rings. The number of benzene rings is 1. The van der Waals surface area contributed by atoms with Gasteiger partial charge in [-0.3, -0.25) is 4.79 Å². The highest BCUT2D eigenvalue weighted by atomic mass is 32.2. The van der Waals surface area contributed by atoms with Gasteiger partial charge in [-0.05, 0) is 12.1 Å². The molecule has 0 spiro atoms. The summed E-state index contributed by atoms with van der Waals surface area (Å²) in [7, 11) is 0.687. The number of carbonyl (C=O) groups excluding carboxylic acids is 1. The van der Waals surface area contributed by atoms with Crippen LogP contribution in [-0.2, 0) is 10.2 Å². The van der Waals surface area contributed by atoms with Crippen molar-refractivity contribution in [3.05, 3.63) is 29.8 Å². The molecule has 0 bridgehead atoms. The molecule has 0 heterocycles. The first-order valence-electron chi connectivity index (χ1n) is 5.21. The minimum Gasteiger partial charge on any atom is -0.497 e. The van der Waals surface area contributed by atoms with Crippen molar-refractivity contribution < 1.29 is 17.9 Å². The maximum Gasteiger partial charge on any atom is 0.279 e. The van der Waals surface area contributed by atoms with E-state index in [2.05, 4.69) is 4.72 Å². The quantitative estimate of drug-likeness (QED) is 0.754. The second-order valence-corrected chi connectivity index (χ2v) is 5.73. The van der Waals surface area contributed by atoms with Gasteiger partial charge in [0.05, 0.1) is 13.7 Å². The lowest BCUT2D eigenvalue weighted by Crippen LogP contribution is -2.38. The fourth-order valence-corrected chi connectivity index (χ4v) is 1.76. The summed E-state index contributed by atoms with van der Waals surface area (Å²) in [6.07, 6.45) is 0. The van der Waals surface area contributed by atoms with E-state index in [-0.39, 0.29) is 12.3 Å². The second kappa shape index (κ2) is 5.94. The predicted molar refractivity (Wildman–Crippen MR) is 67.9 cm³/mol. The Hall–Kier alpha value is -1.44. The Balaban J connectivity index is 2.72. The van der Waals surface area contributed by atoms with E-state index in [1.54, 1.807) is 24.3 Å². The lowest BCUT2D eigenvalue weighted by Gasteiger charge is -2.11. The van der Waals surface area contributed by atoms with Crippen LogP contribution >= 0.6 is 0 Å². The molecule has 7 heteroatoms. The van der Waals surface area contributed by atoms with Gasteiger partial charge in [-0.15, -0.1) is 0 Å². The molecule has 0 unspecified atom stereocenters. The molecular formula is C11H16N2O4S. The third-order valence-corrected chi connectivity index (χ3v) is 3.76. The summed E-state index contributed by atoms with van der Waals surface area (Å²) in [5.74, 6) is 0.232. The lowest BCUT2D eigenvalue weighted by atomic mass is 10.1. The summed E-state index contributed by atoms with van der Waals surface area (Å²) in [5.41, 5.74) is 0.399. The van der Waals surface area contributed by atoms with E-state index in [1.165, 1.54) is 21.2 Å². The molecule has 1 aromatic carbocycles. The molecule has 1 N–H and O–H groups in total. The molecule has 1 aromatic rings. The number of hydrogen-bond donors (Lipinski definition) is 1. The molecule has 0 aromatic heterocycles. The van der Waals surface area contributed by atoms with Crippen molar-refractivity contribution in [1.82, 2.24) is 9.03 Å². The number of Topliss-reactive ketones (excluding diaryl/α,β-unsaturated/α-hetero) is 1. The first-order valence-corrected chi connectivity index (χ1v) is 6.65.